The first-order valence-electron chi connectivity index (χ1n) is 22.0. The Morgan fingerprint density at radius 3 is 1.38 bits per heavy atom. The minimum atomic E-state index is -0.867. The van der Waals surface area contributed by atoms with Crippen molar-refractivity contribution in [2.75, 3.05) is 27.2 Å². The Labute approximate surface area is 370 Å². The van der Waals surface area contributed by atoms with Crippen molar-refractivity contribution in [1.82, 2.24) is 41.0 Å². The molecule has 18 heteroatoms. The number of nitrogens with zero attached hydrogens (tertiary/aromatic N) is 2. The smallest absolute Gasteiger partial charge is 0.302 e. The molecule has 0 aliphatic carbocycles. The summed E-state index contributed by atoms with van der Waals surface area (Å²) in [7, 11) is 3.29. The number of hydrogen-bond donors (Lipinski definition) is 6. The SMILES string of the molecule is CCC(NC(=O)C(C)NC)C(=O)N1CC(OC(C)=O)CC1Cc1c(-c2[nH]c3cc(F)ccc3c2CC2CC(OC(C)=O)CN2C(=O)C(CC)NC(=O)C(C)NC)[nH]c2cc(F)ccc12. The molecule has 2 aromatic heterocycles. The second-order valence-corrected chi connectivity index (χ2v) is 16.9. The number of rotatable bonds is 17. The van der Waals surface area contributed by atoms with Crippen LogP contribution in [0.2, 0.25) is 0 Å². The molecule has 6 N–H and O–H groups in total. The van der Waals surface area contributed by atoms with Gasteiger partial charge in [0.2, 0.25) is 23.6 Å². The largest absolute Gasteiger partial charge is 0.461 e. The van der Waals surface area contributed by atoms with Gasteiger partial charge in [-0.15, -0.1) is 0 Å². The third-order valence-corrected chi connectivity index (χ3v) is 12.5. The molecule has 2 aliphatic rings. The van der Waals surface area contributed by atoms with Crippen LogP contribution < -0.4 is 21.3 Å². The number of aromatic nitrogens is 2. The van der Waals surface area contributed by atoms with Crippen LogP contribution in [-0.2, 0) is 51.1 Å². The molecule has 346 valence electrons. The van der Waals surface area contributed by atoms with E-state index in [2.05, 4.69) is 31.2 Å². The Morgan fingerprint density at radius 1 is 0.672 bits per heavy atom. The molecule has 2 fully saturated rings. The summed E-state index contributed by atoms with van der Waals surface area (Å²) in [5, 5.41) is 12.8. The minimum absolute atomic E-state index is 0.0857. The van der Waals surface area contributed by atoms with Crippen molar-refractivity contribution in [3.8, 4) is 11.4 Å². The summed E-state index contributed by atoms with van der Waals surface area (Å²) in [4.78, 5) is 89.2. The quantitative estimate of drug-likeness (QED) is 0.0847. The monoisotopic (exact) mass is 890 g/mol. The summed E-state index contributed by atoms with van der Waals surface area (Å²) in [6.45, 7) is 9.74. The lowest BCUT2D eigenvalue weighted by atomic mass is 9.94. The van der Waals surface area contributed by atoms with Crippen LogP contribution >= 0.6 is 0 Å². The van der Waals surface area contributed by atoms with Gasteiger partial charge >= 0.3 is 11.9 Å². The molecule has 0 saturated carbocycles. The minimum Gasteiger partial charge on any atom is -0.461 e. The second-order valence-electron chi connectivity index (χ2n) is 16.9. The zero-order chi connectivity index (χ0) is 46.6. The maximum atomic E-state index is 15.0. The number of benzene rings is 2. The van der Waals surface area contributed by atoms with E-state index in [9.17, 15) is 37.5 Å². The number of likely N-dealkylation sites (N-methyl/N-ethyl adjacent to an activating group) is 2. The fraction of sp³-hybridized carbons (Fsp3) is 0.522. The number of esters is 2. The van der Waals surface area contributed by atoms with Gasteiger partial charge in [-0.2, -0.15) is 0 Å². The van der Waals surface area contributed by atoms with Crippen molar-refractivity contribution < 1.29 is 47.0 Å². The summed E-state index contributed by atoms with van der Waals surface area (Å²) < 4.78 is 41.3. The molecule has 2 saturated heterocycles. The molecular weight excluding hydrogens is 831 g/mol. The highest BCUT2D eigenvalue weighted by Gasteiger charge is 2.43. The number of halogens is 2. The molecule has 2 aliphatic heterocycles. The van der Waals surface area contributed by atoms with E-state index < -0.39 is 72.0 Å². The fourth-order valence-corrected chi connectivity index (χ4v) is 9.02. The summed E-state index contributed by atoms with van der Waals surface area (Å²) in [6, 6.07) is 4.78. The average molecular weight is 891 g/mol. The highest BCUT2D eigenvalue weighted by molar-refractivity contribution is 5.97. The normalized spacial score (nSPS) is 20.5. The van der Waals surface area contributed by atoms with Gasteiger partial charge in [0.1, 0.15) is 35.9 Å². The summed E-state index contributed by atoms with van der Waals surface area (Å²) in [6.07, 6.45) is 0.292. The van der Waals surface area contributed by atoms with E-state index in [-0.39, 0.29) is 62.4 Å². The maximum absolute atomic E-state index is 15.0. The van der Waals surface area contributed by atoms with Crippen molar-refractivity contribution in [2.24, 2.45) is 0 Å². The first kappa shape index (κ1) is 47.6. The number of carbonyl (C=O) groups excluding carboxylic acids is 6. The Kier molecular flexibility index (Phi) is 15.1. The van der Waals surface area contributed by atoms with Gasteiger partial charge in [0.25, 0.3) is 0 Å². The number of hydrogen-bond acceptors (Lipinski definition) is 10. The van der Waals surface area contributed by atoms with Crippen LogP contribution in [0.5, 0.6) is 0 Å². The first-order valence-corrected chi connectivity index (χ1v) is 22.0. The molecule has 16 nitrogen and oxygen atoms in total. The van der Waals surface area contributed by atoms with Crippen LogP contribution in [0, 0.1) is 11.6 Å². The Hall–Kier alpha value is -5.88. The Bertz CT molecular complexity index is 2240. The number of fused-ring (bicyclic) bond motifs is 2. The second kappa shape index (κ2) is 20.3. The fourth-order valence-electron chi connectivity index (χ4n) is 9.02. The lowest BCUT2D eigenvalue weighted by Crippen LogP contribution is -2.53. The van der Waals surface area contributed by atoms with Crippen LogP contribution in [0.15, 0.2) is 36.4 Å². The van der Waals surface area contributed by atoms with Gasteiger partial charge < -0.3 is 50.5 Å². The number of likely N-dealkylation sites (tertiary alicyclic amines) is 2. The lowest BCUT2D eigenvalue weighted by Gasteiger charge is -2.30. The predicted molar refractivity (Wildman–Crippen MR) is 236 cm³/mol. The van der Waals surface area contributed by atoms with Gasteiger partial charge in [-0.1, -0.05) is 13.8 Å². The number of nitrogens with one attached hydrogen (secondary N) is 6. The molecule has 8 atom stereocenters. The van der Waals surface area contributed by atoms with E-state index >= 15 is 0 Å². The Balaban J connectivity index is 1.44. The molecule has 0 spiro atoms. The molecule has 0 radical (unpaired) electrons. The van der Waals surface area contributed by atoms with Gasteiger partial charge in [0.15, 0.2) is 0 Å². The number of H-pyrrole nitrogens is 2. The topological polar surface area (TPSA) is 207 Å². The van der Waals surface area contributed by atoms with Gasteiger partial charge in [-0.3, -0.25) is 28.8 Å². The molecule has 4 amide bonds. The van der Waals surface area contributed by atoms with Gasteiger partial charge in [0.05, 0.1) is 36.6 Å². The van der Waals surface area contributed by atoms with Crippen LogP contribution in [0.25, 0.3) is 33.2 Å². The molecule has 4 aromatic rings. The first-order chi connectivity index (χ1) is 30.5. The summed E-state index contributed by atoms with van der Waals surface area (Å²) in [5.41, 5.74) is 3.37. The third kappa shape index (κ3) is 10.4. The van der Waals surface area contributed by atoms with Gasteiger partial charge in [-0.05, 0) is 101 Å². The third-order valence-electron chi connectivity index (χ3n) is 12.5. The highest BCUT2D eigenvalue weighted by Crippen LogP contribution is 2.40. The number of amides is 4. The van der Waals surface area contributed by atoms with Crippen LogP contribution in [0.4, 0.5) is 8.78 Å². The molecule has 64 heavy (non-hydrogen) atoms. The molecule has 4 heterocycles. The number of ether oxygens (including phenoxy) is 2. The van der Waals surface area contributed by atoms with E-state index in [4.69, 9.17) is 9.47 Å². The molecule has 8 unspecified atom stereocenters. The van der Waals surface area contributed by atoms with Crippen LogP contribution in [0.1, 0.15) is 78.4 Å². The molecular formula is C46H60F2N8O8. The number of aromatic amines is 2. The predicted octanol–water partition coefficient (Wildman–Crippen LogP) is 3.75. The van der Waals surface area contributed by atoms with Crippen molar-refractivity contribution in [2.45, 2.75) is 129 Å². The van der Waals surface area contributed by atoms with E-state index in [1.807, 2.05) is 0 Å². The zero-order valence-corrected chi connectivity index (χ0v) is 37.7. The molecule has 6 rings (SSSR count). The maximum Gasteiger partial charge on any atom is 0.302 e. The average Bonchev–Trinajstić information content (AvgIpc) is 4.03. The standard InChI is InChI=1S/C46H60F2N8O8/c1-9-37(53-43(59)23(3)49-7)45(61)55-21-31(63-25(5)57)17-29(55)19-35-33-13-11-27(47)15-39(33)51-41(35)42-36(34-14-12-28(48)16-40(34)52-42)20-30-18-32(64-26(6)58)22-56(30)46(62)38(10-2)54-44(60)24(4)50-8/h11-16,23-24,29-32,37-38,49-52H,9-10,17-22H2,1-8H3,(H,53,59)(H,54,60). The van der Waals surface area contributed by atoms with Crippen molar-refractivity contribution in [3.63, 3.8) is 0 Å². The van der Waals surface area contributed by atoms with Crippen molar-refractivity contribution in [3.05, 3.63) is 59.2 Å². The van der Waals surface area contributed by atoms with Crippen molar-refractivity contribution >= 4 is 57.4 Å². The number of carbonyl (C=O) groups is 6. The molecule has 2 aromatic carbocycles. The summed E-state index contributed by atoms with van der Waals surface area (Å²) in [5.74, 6) is -3.38. The van der Waals surface area contributed by atoms with Crippen LogP contribution in [-0.4, -0.2) is 131 Å². The van der Waals surface area contributed by atoms with Gasteiger partial charge in [-0.25, -0.2) is 8.78 Å². The summed E-state index contributed by atoms with van der Waals surface area (Å²) >= 11 is 0. The van der Waals surface area contributed by atoms with Gasteiger partial charge in [0, 0.05) is 60.6 Å². The van der Waals surface area contributed by atoms with Crippen LogP contribution in [0.3, 0.4) is 0 Å². The van der Waals surface area contributed by atoms with E-state index in [0.717, 1.165) is 0 Å². The Morgan fingerprint density at radius 2 is 1.05 bits per heavy atom. The lowest BCUT2D eigenvalue weighted by molar-refractivity contribution is -0.147. The van der Waals surface area contributed by atoms with E-state index in [1.165, 1.54) is 38.1 Å². The van der Waals surface area contributed by atoms with E-state index in [0.29, 0.717) is 57.2 Å². The highest BCUT2D eigenvalue weighted by atomic mass is 19.1. The van der Waals surface area contributed by atoms with E-state index in [1.54, 1.807) is 63.7 Å². The molecule has 0 bridgehead atoms. The van der Waals surface area contributed by atoms with Crippen molar-refractivity contribution in [1.29, 1.82) is 0 Å². The zero-order valence-electron chi connectivity index (χ0n) is 37.7.